The van der Waals surface area contributed by atoms with Gasteiger partial charge in [0.05, 0.1) is 27.1 Å². The summed E-state index contributed by atoms with van der Waals surface area (Å²) in [5, 5.41) is 11.7. The van der Waals surface area contributed by atoms with Gasteiger partial charge in [0.1, 0.15) is 5.54 Å². The topological polar surface area (TPSA) is 48.1 Å². The first-order valence-corrected chi connectivity index (χ1v) is 13.9. The van der Waals surface area contributed by atoms with Crippen LogP contribution < -0.4 is 0 Å². The standard InChI is InChI=1S/C35H22ClF3N2O2/c36-26-17-20-29-28(22-26)31(35(37,38)39)32-33(23-15-18-27(19-16-23)41(42)43)21-9-3-8-14-30(33)34(40(29)32,24-10-4-1-5-11-24)25-12-6-2-7-13-25/h1-22H. The molecule has 2 aliphatic rings. The number of rotatable bonds is 4. The Morgan fingerprint density at radius 2 is 1.40 bits per heavy atom. The highest BCUT2D eigenvalue weighted by Crippen LogP contribution is 2.64. The van der Waals surface area contributed by atoms with E-state index in [-0.39, 0.29) is 21.8 Å². The molecule has 0 N–H and O–H groups in total. The Bertz CT molecular complexity index is 1950. The average molecular weight is 595 g/mol. The van der Waals surface area contributed by atoms with Crippen molar-refractivity contribution in [2.24, 2.45) is 0 Å². The molecule has 0 bridgehead atoms. The van der Waals surface area contributed by atoms with Crippen LogP contribution in [0.1, 0.15) is 27.9 Å². The van der Waals surface area contributed by atoms with Crippen LogP contribution >= 0.6 is 11.6 Å². The number of halogens is 4. The van der Waals surface area contributed by atoms with E-state index in [1.165, 1.54) is 18.2 Å². The first-order chi connectivity index (χ1) is 20.7. The lowest BCUT2D eigenvalue weighted by Gasteiger charge is -2.39. The van der Waals surface area contributed by atoms with Crippen LogP contribution in [0.4, 0.5) is 18.9 Å². The predicted octanol–water partition coefficient (Wildman–Crippen LogP) is 9.37. The van der Waals surface area contributed by atoms with Crippen LogP contribution in [0, 0.1) is 10.1 Å². The Balaban J connectivity index is 1.78. The molecule has 7 rings (SSSR count). The number of nitro benzene ring substituents is 1. The zero-order valence-electron chi connectivity index (χ0n) is 22.4. The zero-order chi connectivity index (χ0) is 30.0. The highest BCUT2D eigenvalue weighted by molar-refractivity contribution is 6.31. The van der Waals surface area contributed by atoms with Crippen molar-refractivity contribution < 1.29 is 18.1 Å². The summed E-state index contributed by atoms with van der Waals surface area (Å²) in [5.74, 6) is 0. The summed E-state index contributed by atoms with van der Waals surface area (Å²) in [4.78, 5) is 11.1. The van der Waals surface area contributed by atoms with Crippen molar-refractivity contribution in [2.45, 2.75) is 17.1 Å². The lowest BCUT2D eigenvalue weighted by atomic mass is 9.64. The van der Waals surface area contributed by atoms with E-state index >= 15 is 13.2 Å². The molecule has 5 aromatic rings. The number of benzene rings is 4. The van der Waals surface area contributed by atoms with E-state index in [1.54, 1.807) is 42.5 Å². The van der Waals surface area contributed by atoms with E-state index in [0.717, 1.165) is 11.1 Å². The number of fused-ring (bicyclic) bond motifs is 5. The molecular weight excluding hydrogens is 573 g/mol. The summed E-state index contributed by atoms with van der Waals surface area (Å²) in [6.07, 6.45) is 4.26. The minimum atomic E-state index is -4.76. The van der Waals surface area contributed by atoms with Crippen LogP contribution in [0.2, 0.25) is 5.02 Å². The Labute approximate surface area is 249 Å². The Morgan fingerprint density at radius 3 is 1.98 bits per heavy atom. The first kappa shape index (κ1) is 27.0. The van der Waals surface area contributed by atoms with Crippen molar-refractivity contribution >= 4 is 28.2 Å². The van der Waals surface area contributed by atoms with Crippen LogP contribution in [-0.4, -0.2) is 9.49 Å². The SMILES string of the molecule is O=[N+]([O-])c1ccc(C23C=CC=CC=C2C(c2ccccc2)(c2ccccc2)n2c3c(C(F)(F)F)c3cc(Cl)ccc32)cc1. The van der Waals surface area contributed by atoms with E-state index < -0.39 is 27.6 Å². The maximum atomic E-state index is 15.5. The predicted molar refractivity (Wildman–Crippen MR) is 161 cm³/mol. The molecule has 0 saturated heterocycles. The van der Waals surface area contributed by atoms with E-state index in [4.69, 9.17) is 11.6 Å². The maximum Gasteiger partial charge on any atom is 0.418 e. The van der Waals surface area contributed by atoms with Gasteiger partial charge in [-0.15, -0.1) is 0 Å². The fourth-order valence-electron chi connectivity index (χ4n) is 6.97. The van der Waals surface area contributed by atoms with Gasteiger partial charge in [-0.2, -0.15) is 13.2 Å². The Hall–Kier alpha value is -4.88. The van der Waals surface area contributed by atoms with Gasteiger partial charge in [0.15, 0.2) is 0 Å². The number of nitrogens with zero attached hydrogens (tertiary/aromatic N) is 2. The normalized spacial score (nSPS) is 18.7. The number of nitro groups is 1. The monoisotopic (exact) mass is 594 g/mol. The molecule has 1 atom stereocenters. The van der Waals surface area contributed by atoms with Crippen molar-refractivity contribution in [3.05, 3.63) is 182 Å². The van der Waals surface area contributed by atoms with E-state index in [0.29, 0.717) is 16.7 Å². The van der Waals surface area contributed by atoms with Gasteiger partial charge in [0.25, 0.3) is 5.69 Å². The van der Waals surface area contributed by atoms with Crippen molar-refractivity contribution in [1.82, 2.24) is 4.57 Å². The van der Waals surface area contributed by atoms with Crippen LogP contribution in [0.15, 0.2) is 139 Å². The molecule has 1 unspecified atom stereocenters. The summed E-state index contributed by atoms with van der Waals surface area (Å²) in [5.41, 5.74) is -0.614. The molecule has 0 radical (unpaired) electrons. The molecule has 1 aliphatic heterocycles. The fourth-order valence-corrected chi connectivity index (χ4v) is 7.14. The second-order valence-electron chi connectivity index (χ2n) is 10.6. The highest BCUT2D eigenvalue weighted by atomic mass is 35.5. The number of hydrogen-bond donors (Lipinski definition) is 0. The molecule has 4 aromatic carbocycles. The van der Waals surface area contributed by atoms with E-state index in [9.17, 15) is 10.1 Å². The van der Waals surface area contributed by atoms with E-state index in [1.807, 2.05) is 77.4 Å². The molecule has 0 saturated carbocycles. The summed E-state index contributed by atoms with van der Waals surface area (Å²) < 4.78 is 48.3. The molecule has 4 nitrogen and oxygen atoms in total. The zero-order valence-corrected chi connectivity index (χ0v) is 23.2. The number of aromatic nitrogens is 1. The number of alkyl halides is 3. The van der Waals surface area contributed by atoms with Gasteiger partial charge >= 0.3 is 6.18 Å². The van der Waals surface area contributed by atoms with Crippen LogP contribution in [-0.2, 0) is 17.1 Å². The van der Waals surface area contributed by atoms with Gasteiger partial charge in [-0.05, 0) is 40.5 Å². The lowest BCUT2D eigenvalue weighted by Crippen LogP contribution is -2.38. The second kappa shape index (κ2) is 9.57. The molecule has 212 valence electrons. The lowest BCUT2D eigenvalue weighted by molar-refractivity contribution is -0.384. The minimum absolute atomic E-state index is 0.0165. The molecule has 43 heavy (non-hydrogen) atoms. The van der Waals surface area contributed by atoms with Crippen molar-refractivity contribution in [3.8, 4) is 0 Å². The van der Waals surface area contributed by atoms with Crippen molar-refractivity contribution in [2.75, 3.05) is 0 Å². The maximum absolute atomic E-state index is 15.5. The Morgan fingerprint density at radius 1 is 0.767 bits per heavy atom. The van der Waals surface area contributed by atoms with Gasteiger partial charge in [0, 0.05) is 22.5 Å². The molecule has 0 amide bonds. The quantitative estimate of drug-likeness (QED) is 0.154. The Kier molecular flexibility index (Phi) is 6.01. The number of allylic oxidation sites excluding steroid dienone is 6. The third-order valence-corrected chi connectivity index (χ3v) is 8.72. The van der Waals surface area contributed by atoms with Crippen LogP contribution in [0.5, 0.6) is 0 Å². The smallest absolute Gasteiger partial charge is 0.324 e. The third-order valence-electron chi connectivity index (χ3n) is 8.48. The van der Waals surface area contributed by atoms with Gasteiger partial charge in [-0.3, -0.25) is 10.1 Å². The van der Waals surface area contributed by atoms with Gasteiger partial charge in [-0.25, -0.2) is 0 Å². The fraction of sp³-hybridized carbons (Fsp3) is 0.0857. The highest BCUT2D eigenvalue weighted by Gasteiger charge is 2.62. The molecular formula is C35H22ClF3N2O2. The summed E-state index contributed by atoms with van der Waals surface area (Å²) in [7, 11) is 0. The summed E-state index contributed by atoms with van der Waals surface area (Å²) >= 11 is 6.36. The van der Waals surface area contributed by atoms with Crippen molar-refractivity contribution in [3.63, 3.8) is 0 Å². The number of non-ortho nitro benzene ring substituents is 1. The van der Waals surface area contributed by atoms with Crippen molar-refractivity contribution in [1.29, 1.82) is 0 Å². The largest absolute Gasteiger partial charge is 0.418 e. The molecule has 2 heterocycles. The third kappa shape index (κ3) is 3.71. The molecule has 1 aromatic heterocycles. The van der Waals surface area contributed by atoms with Gasteiger partial charge in [0.2, 0.25) is 0 Å². The minimum Gasteiger partial charge on any atom is -0.324 e. The summed E-state index contributed by atoms with van der Waals surface area (Å²) in [6, 6.07) is 29.4. The van der Waals surface area contributed by atoms with Crippen LogP contribution in [0.3, 0.4) is 0 Å². The average Bonchev–Trinajstić information content (AvgIpc) is 3.35. The molecule has 0 spiro atoms. The molecule has 8 heteroatoms. The molecule has 0 fully saturated rings. The molecule has 1 aliphatic carbocycles. The van der Waals surface area contributed by atoms with Gasteiger partial charge < -0.3 is 4.57 Å². The second-order valence-corrected chi connectivity index (χ2v) is 11.0. The summed E-state index contributed by atoms with van der Waals surface area (Å²) in [6.45, 7) is 0. The first-order valence-electron chi connectivity index (χ1n) is 13.6. The van der Waals surface area contributed by atoms with Gasteiger partial charge in [-0.1, -0.05) is 115 Å². The van der Waals surface area contributed by atoms with E-state index in [2.05, 4.69) is 0 Å². The van der Waals surface area contributed by atoms with Crippen LogP contribution in [0.25, 0.3) is 10.9 Å². The number of hydrogen-bond acceptors (Lipinski definition) is 2.